The fraction of sp³-hybridized carbons (Fsp3) is 0.300. The van der Waals surface area contributed by atoms with Crippen LogP contribution in [0, 0.1) is 5.82 Å². The van der Waals surface area contributed by atoms with Crippen molar-refractivity contribution in [2.75, 3.05) is 0 Å². The molecule has 0 aliphatic rings. The van der Waals surface area contributed by atoms with E-state index in [0.29, 0.717) is 6.42 Å². The van der Waals surface area contributed by atoms with Gasteiger partial charge in [-0.25, -0.2) is 4.39 Å². The van der Waals surface area contributed by atoms with Crippen LogP contribution in [0.3, 0.4) is 0 Å². The number of halogens is 1. The summed E-state index contributed by atoms with van der Waals surface area (Å²) in [4.78, 5) is 0.841. The molecular weight excluding hydrogens is 215 g/mol. The molecule has 3 nitrogen and oxygen atoms in total. The van der Waals surface area contributed by atoms with Gasteiger partial charge >= 0.3 is 0 Å². The minimum atomic E-state index is -0.254. The van der Waals surface area contributed by atoms with Crippen molar-refractivity contribution in [3.05, 3.63) is 30.1 Å². The molecule has 0 aliphatic carbocycles. The van der Waals surface area contributed by atoms with Crippen LogP contribution >= 0.6 is 11.8 Å². The summed E-state index contributed by atoms with van der Waals surface area (Å²) in [5.41, 5.74) is 5.37. The number of hydrogen-bond donors (Lipinski definition) is 2. The van der Waals surface area contributed by atoms with Crippen molar-refractivity contribution in [2.24, 2.45) is 10.9 Å². The summed E-state index contributed by atoms with van der Waals surface area (Å²) >= 11 is 1.49. The first-order valence-electron chi connectivity index (χ1n) is 4.50. The summed E-state index contributed by atoms with van der Waals surface area (Å²) in [6.07, 6.45) is 0.470. The lowest BCUT2D eigenvalue weighted by atomic mass is 10.3. The second kappa shape index (κ2) is 5.60. The van der Waals surface area contributed by atoms with Crippen LogP contribution < -0.4 is 5.73 Å². The molecule has 0 bridgehead atoms. The number of oxime groups is 1. The Morgan fingerprint density at radius 1 is 1.67 bits per heavy atom. The molecule has 0 saturated heterocycles. The van der Waals surface area contributed by atoms with E-state index in [4.69, 9.17) is 10.9 Å². The predicted molar refractivity (Wildman–Crippen MR) is 59.7 cm³/mol. The van der Waals surface area contributed by atoms with Gasteiger partial charge in [0.2, 0.25) is 0 Å². The van der Waals surface area contributed by atoms with Crippen LogP contribution in [0.5, 0.6) is 0 Å². The Bertz CT molecular complexity index is 357. The lowest BCUT2D eigenvalue weighted by Crippen LogP contribution is -2.16. The van der Waals surface area contributed by atoms with E-state index in [0.717, 1.165) is 4.90 Å². The van der Waals surface area contributed by atoms with Crippen molar-refractivity contribution in [1.29, 1.82) is 0 Å². The van der Waals surface area contributed by atoms with E-state index in [9.17, 15) is 4.39 Å². The lowest BCUT2D eigenvalue weighted by molar-refractivity contribution is 0.317. The summed E-state index contributed by atoms with van der Waals surface area (Å²) in [6, 6.07) is 6.36. The van der Waals surface area contributed by atoms with E-state index in [1.54, 1.807) is 6.07 Å². The monoisotopic (exact) mass is 228 g/mol. The van der Waals surface area contributed by atoms with E-state index >= 15 is 0 Å². The van der Waals surface area contributed by atoms with Gasteiger partial charge < -0.3 is 10.9 Å². The lowest BCUT2D eigenvalue weighted by Gasteiger charge is -2.09. The van der Waals surface area contributed by atoms with E-state index in [-0.39, 0.29) is 16.9 Å². The molecule has 1 rings (SSSR count). The van der Waals surface area contributed by atoms with Gasteiger partial charge in [0, 0.05) is 16.6 Å². The molecule has 1 unspecified atom stereocenters. The summed E-state index contributed by atoms with van der Waals surface area (Å²) in [5, 5.41) is 11.4. The standard InChI is InChI=1S/C10H13FN2OS/c1-7(5-10(12)13-14)15-9-4-2-3-8(11)6-9/h2-4,6-7,14H,5H2,1H3,(H2,12,13). The van der Waals surface area contributed by atoms with Crippen LogP contribution in [-0.4, -0.2) is 16.3 Å². The largest absolute Gasteiger partial charge is 0.409 e. The van der Waals surface area contributed by atoms with Gasteiger partial charge in [-0.05, 0) is 18.2 Å². The topological polar surface area (TPSA) is 58.6 Å². The normalized spacial score (nSPS) is 13.9. The Hall–Kier alpha value is -1.23. The van der Waals surface area contributed by atoms with E-state index < -0.39 is 0 Å². The number of benzene rings is 1. The van der Waals surface area contributed by atoms with Gasteiger partial charge in [0.25, 0.3) is 0 Å². The molecule has 0 spiro atoms. The second-order valence-electron chi connectivity index (χ2n) is 3.18. The van der Waals surface area contributed by atoms with Gasteiger partial charge in [-0.2, -0.15) is 0 Å². The highest BCUT2D eigenvalue weighted by Crippen LogP contribution is 2.25. The van der Waals surface area contributed by atoms with Crippen LogP contribution in [0.4, 0.5) is 4.39 Å². The quantitative estimate of drug-likeness (QED) is 0.273. The molecule has 1 aromatic carbocycles. The van der Waals surface area contributed by atoms with Crippen LogP contribution in [0.1, 0.15) is 13.3 Å². The highest BCUT2D eigenvalue weighted by atomic mass is 32.2. The average molecular weight is 228 g/mol. The maximum Gasteiger partial charge on any atom is 0.140 e. The minimum absolute atomic E-state index is 0.141. The molecule has 0 radical (unpaired) electrons. The third kappa shape index (κ3) is 4.20. The summed E-state index contributed by atoms with van der Waals surface area (Å²) < 4.78 is 12.8. The molecule has 0 aromatic heterocycles. The molecule has 1 atom stereocenters. The Morgan fingerprint density at radius 3 is 3.00 bits per heavy atom. The molecule has 0 fully saturated rings. The summed E-state index contributed by atoms with van der Waals surface area (Å²) in [7, 11) is 0. The van der Waals surface area contributed by atoms with Crippen molar-refractivity contribution in [3.8, 4) is 0 Å². The van der Waals surface area contributed by atoms with Gasteiger partial charge in [0.05, 0.1) is 0 Å². The summed E-state index contributed by atoms with van der Waals surface area (Å²) in [5.74, 6) is -0.0672. The Labute approximate surface area is 92.2 Å². The zero-order valence-corrected chi connectivity index (χ0v) is 9.17. The van der Waals surface area contributed by atoms with Crippen molar-refractivity contribution in [1.82, 2.24) is 0 Å². The minimum Gasteiger partial charge on any atom is -0.409 e. The van der Waals surface area contributed by atoms with Crippen molar-refractivity contribution >= 4 is 17.6 Å². The molecule has 1 aromatic rings. The summed E-state index contributed by atoms with van der Waals surface area (Å²) in [6.45, 7) is 1.94. The zero-order valence-electron chi connectivity index (χ0n) is 8.35. The highest BCUT2D eigenvalue weighted by Gasteiger charge is 2.07. The van der Waals surface area contributed by atoms with Gasteiger partial charge in [0.1, 0.15) is 11.7 Å². The van der Waals surface area contributed by atoms with Crippen molar-refractivity contribution in [3.63, 3.8) is 0 Å². The van der Waals surface area contributed by atoms with Gasteiger partial charge in [-0.3, -0.25) is 0 Å². The smallest absolute Gasteiger partial charge is 0.140 e. The molecule has 0 heterocycles. The first-order chi connectivity index (χ1) is 7.11. The number of nitrogens with two attached hydrogens (primary N) is 1. The number of hydrogen-bond acceptors (Lipinski definition) is 3. The van der Waals surface area contributed by atoms with E-state index in [1.165, 1.54) is 23.9 Å². The Morgan fingerprint density at radius 2 is 2.40 bits per heavy atom. The number of thioether (sulfide) groups is 1. The third-order valence-electron chi connectivity index (χ3n) is 1.76. The molecule has 3 N–H and O–H groups in total. The van der Waals surface area contributed by atoms with E-state index in [2.05, 4.69) is 5.16 Å². The second-order valence-corrected chi connectivity index (χ2v) is 4.69. The molecule has 0 saturated carbocycles. The maximum absolute atomic E-state index is 12.8. The van der Waals surface area contributed by atoms with Crippen LogP contribution in [0.2, 0.25) is 0 Å². The molecule has 5 heteroatoms. The molecule has 0 amide bonds. The van der Waals surface area contributed by atoms with Crippen LogP contribution in [0.25, 0.3) is 0 Å². The van der Waals surface area contributed by atoms with Crippen LogP contribution in [0.15, 0.2) is 34.3 Å². The Kier molecular flexibility index (Phi) is 4.42. The number of amidine groups is 1. The van der Waals surface area contributed by atoms with Gasteiger partial charge in [-0.15, -0.1) is 11.8 Å². The molecule has 82 valence electrons. The van der Waals surface area contributed by atoms with E-state index in [1.807, 2.05) is 13.0 Å². The number of rotatable bonds is 4. The fourth-order valence-corrected chi connectivity index (χ4v) is 2.21. The molecule has 0 aliphatic heterocycles. The highest BCUT2D eigenvalue weighted by molar-refractivity contribution is 8.00. The first kappa shape index (κ1) is 11.8. The maximum atomic E-state index is 12.8. The molecule has 15 heavy (non-hydrogen) atoms. The Balaban J connectivity index is 2.55. The van der Waals surface area contributed by atoms with Crippen LogP contribution in [-0.2, 0) is 0 Å². The third-order valence-corrected chi connectivity index (χ3v) is 2.85. The number of nitrogens with zero attached hydrogens (tertiary/aromatic N) is 1. The fourth-order valence-electron chi connectivity index (χ4n) is 1.15. The van der Waals surface area contributed by atoms with Gasteiger partial charge in [0.15, 0.2) is 0 Å². The molecular formula is C10H13FN2OS. The predicted octanol–water partition coefficient (Wildman–Crippen LogP) is 2.44. The zero-order chi connectivity index (χ0) is 11.3. The first-order valence-corrected chi connectivity index (χ1v) is 5.38. The van der Waals surface area contributed by atoms with Crippen molar-refractivity contribution in [2.45, 2.75) is 23.5 Å². The SMILES string of the molecule is CC(CC(N)=NO)Sc1cccc(F)c1. The van der Waals surface area contributed by atoms with Gasteiger partial charge in [-0.1, -0.05) is 18.1 Å². The average Bonchev–Trinajstić information content (AvgIpc) is 2.17. The van der Waals surface area contributed by atoms with Crippen molar-refractivity contribution < 1.29 is 9.60 Å².